The van der Waals surface area contributed by atoms with Gasteiger partial charge in [-0.15, -0.1) is 0 Å². The predicted octanol–water partition coefficient (Wildman–Crippen LogP) is 9.22. The molecule has 0 radical (unpaired) electrons. The second-order valence-corrected chi connectivity index (χ2v) is 12.4. The molecule has 0 amide bonds. The smallest absolute Gasteiger partial charge is 0.0354 e. The summed E-state index contributed by atoms with van der Waals surface area (Å²) in [6, 6.07) is 20.8. The molecule has 0 spiro atoms. The highest BCUT2D eigenvalue weighted by Crippen LogP contribution is 2.40. The van der Waals surface area contributed by atoms with Gasteiger partial charge >= 0.3 is 0 Å². The van der Waals surface area contributed by atoms with Gasteiger partial charge in [0.25, 0.3) is 0 Å². The van der Waals surface area contributed by atoms with Gasteiger partial charge in [0.15, 0.2) is 0 Å². The number of benzene rings is 2. The van der Waals surface area contributed by atoms with Gasteiger partial charge in [-0.25, -0.2) is 0 Å². The van der Waals surface area contributed by atoms with E-state index in [4.69, 9.17) is 0 Å². The largest absolute Gasteiger partial charge is 0.305 e. The van der Waals surface area contributed by atoms with Crippen LogP contribution in [0.2, 0.25) is 0 Å². The van der Waals surface area contributed by atoms with Crippen molar-refractivity contribution in [3.8, 4) is 0 Å². The van der Waals surface area contributed by atoms with Crippen LogP contribution in [0.3, 0.4) is 0 Å². The first-order valence-electron chi connectivity index (χ1n) is 18.3. The molecule has 252 valence electrons. The summed E-state index contributed by atoms with van der Waals surface area (Å²) in [6.07, 6.45) is 5.15. The quantitative estimate of drug-likeness (QED) is 0.343. The van der Waals surface area contributed by atoms with E-state index >= 15 is 0 Å². The molecule has 4 heteroatoms. The molecule has 2 aliphatic carbocycles. The van der Waals surface area contributed by atoms with Gasteiger partial charge in [0.1, 0.15) is 0 Å². The average Bonchev–Trinajstić information content (AvgIpc) is 3.86. The van der Waals surface area contributed by atoms with Crippen molar-refractivity contribution >= 4 is 0 Å². The van der Waals surface area contributed by atoms with Crippen molar-refractivity contribution in [1.82, 2.24) is 19.6 Å². The van der Waals surface area contributed by atoms with Gasteiger partial charge in [-0.1, -0.05) is 118 Å². The van der Waals surface area contributed by atoms with E-state index in [0.29, 0.717) is 12.1 Å². The molecule has 2 aromatic rings. The molecule has 2 aromatic carbocycles. The Balaban J connectivity index is 0.000000359. The average molecular weight is 609 g/mol. The lowest BCUT2D eigenvalue weighted by molar-refractivity contribution is 0.215. The van der Waals surface area contributed by atoms with Crippen molar-refractivity contribution in [1.29, 1.82) is 0 Å². The van der Waals surface area contributed by atoms with Gasteiger partial charge in [0.2, 0.25) is 0 Å². The molecule has 2 aliphatic heterocycles. The Labute approximate surface area is 275 Å². The number of likely N-dealkylation sites (tertiary alicyclic amines) is 2. The normalized spacial score (nSPS) is 26.8. The lowest BCUT2D eigenvalue weighted by atomic mass is 10.1. The van der Waals surface area contributed by atoms with Gasteiger partial charge in [-0.05, 0) is 88.0 Å². The standard InChI is InChI=1S/2C16H24N2.4C2H6/c2*1-12-10-18(11-16(12)17(2)3)15-9-8-13-6-4-5-7-14(13)15;4*1-2/h2*4-7,12,15-16H,8-11H2,1-3H3;4*1-2H3/t2*12-,15?,16-;;;;/m10..../s1. The second-order valence-electron chi connectivity index (χ2n) is 12.4. The van der Waals surface area contributed by atoms with Gasteiger partial charge in [0.05, 0.1) is 0 Å². The van der Waals surface area contributed by atoms with E-state index in [1.807, 2.05) is 55.4 Å². The zero-order valence-electron chi connectivity index (χ0n) is 31.5. The topological polar surface area (TPSA) is 13.0 Å². The highest BCUT2D eigenvalue weighted by molar-refractivity contribution is 5.35. The summed E-state index contributed by atoms with van der Waals surface area (Å²) in [5.41, 5.74) is 6.32. The van der Waals surface area contributed by atoms with Crippen LogP contribution in [0, 0.1) is 11.8 Å². The van der Waals surface area contributed by atoms with E-state index < -0.39 is 0 Å². The Morgan fingerprint density at radius 1 is 0.500 bits per heavy atom. The number of nitrogens with zero attached hydrogens (tertiary/aromatic N) is 4. The zero-order valence-corrected chi connectivity index (χ0v) is 31.5. The third-order valence-corrected chi connectivity index (χ3v) is 9.61. The molecule has 2 fully saturated rings. The van der Waals surface area contributed by atoms with E-state index in [1.165, 1.54) is 51.9 Å². The third-order valence-electron chi connectivity index (χ3n) is 9.61. The fourth-order valence-corrected chi connectivity index (χ4v) is 7.65. The Kier molecular flexibility index (Phi) is 19.4. The molecule has 44 heavy (non-hydrogen) atoms. The molecule has 6 rings (SSSR count). The van der Waals surface area contributed by atoms with E-state index in [1.54, 1.807) is 22.3 Å². The van der Waals surface area contributed by atoms with Gasteiger partial charge in [0, 0.05) is 50.3 Å². The second kappa shape index (κ2) is 21.1. The minimum Gasteiger partial charge on any atom is -0.305 e. The van der Waals surface area contributed by atoms with E-state index in [-0.39, 0.29) is 0 Å². The monoisotopic (exact) mass is 609 g/mol. The summed E-state index contributed by atoms with van der Waals surface area (Å²) in [5.74, 6) is 1.57. The predicted molar refractivity (Wildman–Crippen MR) is 197 cm³/mol. The fraction of sp³-hybridized carbons (Fsp3) is 0.700. The lowest BCUT2D eigenvalue weighted by Gasteiger charge is -2.26. The number of hydrogen-bond acceptors (Lipinski definition) is 4. The molecular formula is C40H72N4. The summed E-state index contributed by atoms with van der Waals surface area (Å²) in [6.45, 7) is 25.8. The number of likely N-dealkylation sites (N-methyl/N-ethyl adjacent to an activating group) is 2. The van der Waals surface area contributed by atoms with Crippen LogP contribution in [0.5, 0.6) is 0 Å². The Morgan fingerprint density at radius 2 is 0.818 bits per heavy atom. The van der Waals surface area contributed by atoms with Crippen molar-refractivity contribution in [3.63, 3.8) is 0 Å². The minimum atomic E-state index is 0.675. The van der Waals surface area contributed by atoms with Crippen LogP contribution in [0.25, 0.3) is 0 Å². The molecule has 0 saturated carbocycles. The number of aryl methyl sites for hydroxylation is 2. The van der Waals surface area contributed by atoms with Crippen molar-refractivity contribution in [2.75, 3.05) is 54.4 Å². The van der Waals surface area contributed by atoms with Crippen LogP contribution in [-0.2, 0) is 12.8 Å². The van der Waals surface area contributed by atoms with Crippen molar-refractivity contribution in [3.05, 3.63) is 70.8 Å². The molecule has 0 N–H and O–H groups in total. The Morgan fingerprint density at radius 3 is 1.11 bits per heavy atom. The summed E-state index contributed by atoms with van der Waals surface area (Å²) < 4.78 is 0. The Hall–Kier alpha value is -1.72. The molecule has 2 saturated heterocycles. The molecule has 6 atom stereocenters. The molecule has 4 nitrogen and oxygen atoms in total. The van der Waals surface area contributed by atoms with E-state index in [0.717, 1.165) is 23.9 Å². The van der Waals surface area contributed by atoms with Crippen LogP contribution < -0.4 is 0 Å². The van der Waals surface area contributed by atoms with Gasteiger partial charge in [-0.3, -0.25) is 9.80 Å². The lowest BCUT2D eigenvalue weighted by Crippen LogP contribution is -2.34. The molecular weight excluding hydrogens is 536 g/mol. The van der Waals surface area contributed by atoms with Crippen molar-refractivity contribution in [2.24, 2.45) is 11.8 Å². The highest BCUT2D eigenvalue weighted by atomic mass is 15.3. The van der Waals surface area contributed by atoms with Crippen LogP contribution in [0.15, 0.2) is 48.5 Å². The van der Waals surface area contributed by atoms with Crippen molar-refractivity contribution in [2.45, 2.75) is 119 Å². The maximum atomic E-state index is 2.71. The first-order chi connectivity index (χ1) is 21.3. The van der Waals surface area contributed by atoms with Crippen molar-refractivity contribution < 1.29 is 0 Å². The summed E-state index contributed by atoms with van der Waals surface area (Å²) in [7, 11) is 8.86. The first-order valence-corrected chi connectivity index (χ1v) is 18.3. The van der Waals surface area contributed by atoms with E-state index in [2.05, 4.69) is 110 Å². The minimum absolute atomic E-state index is 0.675. The number of fused-ring (bicyclic) bond motifs is 2. The maximum absolute atomic E-state index is 2.71. The Bertz CT molecular complexity index is 936. The number of hydrogen-bond donors (Lipinski definition) is 0. The third kappa shape index (κ3) is 10.1. The summed E-state index contributed by atoms with van der Waals surface area (Å²) in [5, 5.41) is 0. The summed E-state index contributed by atoms with van der Waals surface area (Å²) >= 11 is 0. The fourth-order valence-electron chi connectivity index (χ4n) is 7.65. The van der Waals surface area contributed by atoms with Gasteiger partial charge in [-0.2, -0.15) is 0 Å². The molecule has 2 heterocycles. The van der Waals surface area contributed by atoms with Crippen LogP contribution in [0.4, 0.5) is 0 Å². The van der Waals surface area contributed by atoms with E-state index in [9.17, 15) is 0 Å². The van der Waals surface area contributed by atoms with Crippen LogP contribution in [-0.4, -0.2) is 86.1 Å². The SMILES string of the molecule is CC.CC.CC.CC.C[C@@H]1CN(C2CCc3ccccc32)C[C@H]1N(C)C.C[C@H]1CN(C2CCc3ccccc32)C[C@@H]1N(C)C. The molecule has 4 aliphatic rings. The first kappa shape index (κ1) is 40.3. The zero-order chi connectivity index (χ0) is 33.4. The highest BCUT2D eigenvalue weighted by Gasteiger charge is 2.38. The summed E-state index contributed by atoms with van der Waals surface area (Å²) in [4.78, 5) is 10.2. The molecule has 0 aromatic heterocycles. The maximum Gasteiger partial charge on any atom is 0.0354 e. The van der Waals surface area contributed by atoms with Gasteiger partial charge < -0.3 is 9.80 Å². The molecule has 0 bridgehead atoms. The number of rotatable bonds is 4. The van der Waals surface area contributed by atoms with Crippen LogP contribution in [0.1, 0.15) is 116 Å². The van der Waals surface area contributed by atoms with Crippen LogP contribution >= 0.6 is 0 Å². The molecule has 2 unspecified atom stereocenters.